The lowest BCUT2D eigenvalue weighted by molar-refractivity contribution is -0.137. The zero-order chi connectivity index (χ0) is 15.4. The normalized spacial score (nSPS) is 10.2. The third kappa shape index (κ3) is 4.28. The van der Waals surface area contributed by atoms with Crippen molar-refractivity contribution in [3.05, 3.63) is 40.9 Å². The first-order chi connectivity index (χ1) is 9.94. The van der Waals surface area contributed by atoms with Crippen LogP contribution in [0, 0.1) is 5.82 Å². The second-order valence-electron chi connectivity index (χ2n) is 4.02. The number of aromatic nitrogens is 2. The topological polar surface area (TPSA) is 96.2 Å². The van der Waals surface area contributed by atoms with Gasteiger partial charge in [0, 0.05) is 10.7 Å². The second-order valence-corrected chi connectivity index (χ2v) is 4.88. The number of nitrogens with zero attached hydrogens (tertiary/aromatic N) is 2. The van der Waals surface area contributed by atoms with Gasteiger partial charge in [0.25, 0.3) is 0 Å². The highest BCUT2D eigenvalue weighted by Gasteiger charge is 2.09. The van der Waals surface area contributed by atoms with Crippen LogP contribution in [0.25, 0.3) is 0 Å². The molecule has 3 N–H and O–H groups in total. The quantitative estimate of drug-likeness (QED) is 0.784. The molecule has 21 heavy (non-hydrogen) atoms. The van der Waals surface area contributed by atoms with E-state index in [0.29, 0.717) is 10.2 Å². The largest absolute Gasteiger partial charge is 0.480 e. The summed E-state index contributed by atoms with van der Waals surface area (Å²) in [6.07, 6.45) is 2.68. The van der Waals surface area contributed by atoms with Gasteiger partial charge in [-0.05, 0) is 34.1 Å². The minimum Gasteiger partial charge on any atom is -0.480 e. The molecule has 7 nitrogen and oxygen atoms in total. The molecule has 0 aliphatic heterocycles. The highest BCUT2D eigenvalue weighted by molar-refractivity contribution is 9.10. The SMILES string of the molecule is O=C(O)Cn1cc(NC(=O)Nc2cc(F)ccc2Br)cn1. The summed E-state index contributed by atoms with van der Waals surface area (Å²) in [6, 6.07) is 3.28. The van der Waals surface area contributed by atoms with Gasteiger partial charge >= 0.3 is 12.0 Å². The van der Waals surface area contributed by atoms with E-state index in [1.165, 1.54) is 24.5 Å². The lowest BCUT2D eigenvalue weighted by atomic mass is 10.3. The average molecular weight is 357 g/mol. The lowest BCUT2D eigenvalue weighted by Gasteiger charge is -2.07. The van der Waals surface area contributed by atoms with Gasteiger partial charge in [-0.2, -0.15) is 5.10 Å². The number of hydrogen-bond donors (Lipinski definition) is 3. The summed E-state index contributed by atoms with van der Waals surface area (Å²) in [6.45, 7) is -0.307. The number of hydrogen-bond acceptors (Lipinski definition) is 3. The molecule has 110 valence electrons. The van der Waals surface area contributed by atoms with Crippen LogP contribution in [0.15, 0.2) is 35.1 Å². The Labute approximate surface area is 126 Å². The maximum atomic E-state index is 13.1. The Balaban J connectivity index is 2.00. The predicted octanol–water partition coefficient (Wildman–Crippen LogP) is 2.51. The van der Waals surface area contributed by atoms with Gasteiger partial charge in [0.05, 0.1) is 17.6 Å². The van der Waals surface area contributed by atoms with Gasteiger partial charge in [0.2, 0.25) is 0 Å². The highest BCUT2D eigenvalue weighted by Crippen LogP contribution is 2.23. The Morgan fingerprint density at radius 3 is 2.86 bits per heavy atom. The van der Waals surface area contributed by atoms with E-state index in [9.17, 15) is 14.0 Å². The summed E-state index contributed by atoms with van der Waals surface area (Å²) in [5.74, 6) is -1.53. The van der Waals surface area contributed by atoms with E-state index >= 15 is 0 Å². The fourth-order valence-electron chi connectivity index (χ4n) is 1.53. The van der Waals surface area contributed by atoms with Gasteiger partial charge in [-0.15, -0.1) is 0 Å². The Morgan fingerprint density at radius 2 is 2.14 bits per heavy atom. The fraction of sp³-hybridized carbons (Fsp3) is 0.0833. The first-order valence-electron chi connectivity index (χ1n) is 5.71. The molecule has 2 amide bonds. The molecule has 0 bridgehead atoms. The molecule has 1 aromatic carbocycles. The number of benzene rings is 1. The maximum absolute atomic E-state index is 13.1. The molecule has 9 heteroatoms. The van der Waals surface area contributed by atoms with Crippen LogP contribution in [0.2, 0.25) is 0 Å². The van der Waals surface area contributed by atoms with Gasteiger partial charge in [-0.3, -0.25) is 9.48 Å². The number of rotatable bonds is 4. The molecule has 0 atom stereocenters. The van der Waals surface area contributed by atoms with E-state index in [2.05, 4.69) is 31.7 Å². The molecule has 0 saturated heterocycles. The van der Waals surface area contributed by atoms with E-state index in [-0.39, 0.29) is 12.2 Å². The van der Waals surface area contributed by atoms with Crippen molar-refractivity contribution in [1.82, 2.24) is 9.78 Å². The number of aliphatic carboxylic acids is 1. The van der Waals surface area contributed by atoms with Crippen LogP contribution in [0.3, 0.4) is 0 Å². The monoisotopic (exact) mass is 356 g/mol. The first-order valence-corrected chi connectivity index (χ1v) is 6.50. The molecule has 0 saturated carbocycles. The standard InChI is InChI=1S/C12H10BrFN4O3/c13-9-2-1-7(14)3-10(9)17-12(21)16-8-4-15-18(5-8)6-11(19)20/h1-5H,6H2,(H,19,20)(H2,16,17,21). The maximum Gasteiger partial charge on any atom is 0.325 e. The number of amides is 2. The van der Waals surface area contributed by atoms with Crippen LogP contribution in [-0.4, -0.2) is 26.9 Å². The molecule has 1 aromatic heterocycles. The van der Waals surface area contributed by atoms with Crippen molar-refractivity contribution in [2.24, 2.45) is 0 Å². The third-order valence-corrected chi connectivity index (χ3v) is 3.06. The van der Waals surface area contributed by atoms with E-state index in [1.54, 1.807) is 0 Å². The molecule has 0 spiro atoms. The molecule has 0 aliphatic carbocycles. The van der Waals surface area contributed by atoms with Crippen molar-refractivity contribution in [2.75, 3.05) is 10.6 Å². The van der Waals surface area contributed by atoms with Crippen molar-refractivity contribution in [3.8, 4) is 0 Å². The molecule has 0 radical (unpaired) electrons. The minimum atomic E-state index is -1.04. The van der Waals surface area contributed by atoms with Crippen LogP contribution in [0.4, 0.5) is 20.6 Å². The Bertz CT molecular complexity index is 689. The van der Waals surface area contributed by atoms with Crippen molar-refractivity contribution < 1.29 is 19.1 Å². The lowest BCUT2D eigenvalue weighted by Crippen LogP contribution is -2.19. The zero-order valence-electron chi connectivity index (χ0n) is 10.5. The van der Waals surface area contributed by atoms with E-state index in [1.807, 2.05) is 0 Å². The number of anilines is 2. The van der Waals surface area contributed by atoms with Crippen LogP contribution in [0.5, 0.6) is 0 Å². The molecular formula is C12H10BrFN4O3. The van der Waals surface area contributed by atoms with Crippen LogP contribution in [-0.2, 0) is 11.3 Å². The van der Waals surface area contributed by atoms with Crippen molar-refractivity contribution >= 4 is 39.3 Å². The van der Waals surface area contributed by atoms with Gasteiger partial charge in [-0.1, -0.05) is 0 Å². The van der Waals surface area contributed by atoms with Crippen LogP contribution < -0.4 is 10.6 Å². The number of carboxylic acid groups (broad SMARTS) is 1. The average Bonchev–Trinajstić information content (AvgIpc) is 2.80. The number of nitrogens with one attached hydrogen (secondary N) is 2. The summed E-state index contributed by atoms with van der Waals surface area (Å²) in [5.41, 5.74) is 0.590. The number of urea groups is 1. The Morgan fingerprint density at radius 1 is 1.38 bits per heavy atom. The second kappa shape index (κ2) is 6.35. The van der Waals surface area contributed by atoms with Gasteiger partial charge < -0.3 is 15.7 Å². The summed E-state index contributed by atoms with van der Waals surface area (Å²) < 4.78 is 14.8. The first kappa shape index (κ1) is 15.0. The Hall–Kier alpha value is -2.42. The zero-order valence-corrected chi connectivity index (χ0v) is 12.1. The number of halogens is 2. The number of carboxylic acids is 1. The minimum absolute atomic E-state index is 0.269. The van der Waals surface area contributed by atoms with E-state index < -0.39 is 17.8 Å². The van der Waals surface area contributed by atoms with Crippen molar-refractivity contribution in [3.63, 3.8) is 0 Å². The summed E-state index contributed by atoms with van der Waals surface area (Å²) >= 11 is 3.18. The van der Waals surface area contributed by atoms with Crippen LogP contribution >= 0.6 is 15.9 Å². The van der Waals surface area contributed by atoms with Gasteiger partial charge in [0.1, 0.15) is 12.4 Å². The van der Waals surface area contributed by atoms with Gasteiger partial charge in [0.15, 0.2) is 0 Å². The summed E-state index contributed by atoms with van der Waals surface area (Å²) in [4.78, 5) is 22.3. The van der Waals surface area contributed by atoms with Crippen molar-refractivity contribution in [2.45, 2.75) is 6.54 Å². The number of carbonyl (C=O) groups excluding carboxylic acids is 1. The molecule has 0 aliphatic rings. The van der Waals surface area contributed by atoms with Gasteiger partial charge in [-0.25, -0.2) is 9.18 Å². The van der Waals surface area contributed by atoms with Crippen LogP contribution in [0.1, 0.15) is 0 Å². The predicted molar refractivity (Wildman–Crippen MR) is 76.6 cm³/mol. The van der Waals surface area contributed by atoms with E-state index in [4.69, 9.17) is 5.11 Å². The molecule has 0 unspecified atom stereocenters. The molecular weight excluding hydrogens is 347 g/mol. The number of carbonyl (C=O) groups is 2. The molecule has 2 rings (SSSR count). The third-order valence-electron chi connectivity index (χ3n) is 2.36. The van der Waals surface area contributed by atoms with Crippen molar-refractivity contribution in [1.29, 1.82) is 0 Å². The smallest absolute Gasteiger partial charge is 0.325 e. The Kier molecular flexibility index (Phi) is 4.53. The molecule has 2 aromatic rings. The summed E-state index contributed by atoms with van der Waals surface area (Å²) in [7, 11) is 0. The fourth-order valence-corrected chi connectivity index (χ4v) is 1.88. The summed E-state index contributed by atoms with van der Waals surface area (Å²) in [5, 5.41) is 17.3. The highest BCUT2D eigenvalue weighted by atomic mass is 79.9. The molecule has 1 heterocycles. The van der Waals surface area contributed by atoms with E-state index in [0.717, 1.165) is 10.7 Å². The molecule has 0 fully saturated rings.